The van der Waals surface area contributed by atoms with Crippen LogP contribution in [-0.4, -0.2) is 42.5 Å². The summed E-state index contributed by atoms with van der Waals surface area (Å²) in [4.78, 5) is 14.0. The van der Waals surface area contributed by atoms with Crippen LogP contribution in [-0.2, 0) is 16.6 Å². The van der Waals surface area contributed by atoms with Crippen LogP contribution < -0.4 is 4.72 Å². The lowest BCUT2D eigenvalue weighted by Crippen LogP contribution is -2.27. The largest absolute Gasteiger partial charge is 0.412 e. The van der Waals surface area contributed by atoms with E-state index >= 15 is 0 Å². The summed E-state index contributed by atoms with van der Waals surface area (Å²) >= 11 is 4.40. The molecule has 1 aliphatic rings. The Kier molecular flexibility index (Phi) is 5.81. The molecule has 1 aromatic carbocycles. The summed E-state index contributed by atoms with van der Waals surface area (Å²) in [7, 11) is -3.69. The molecular weight excluding hydrogens is 480 g/mol. The summed E-state index contributed by atoms with van der Waals surface area (Å²) in [6.07, 6.45) is 1.93. The van der Waals surface area contributed by atoms with Crippen molar-refractivity contribution in [3.05, 3.63) is 51.6 Å². The molecule has 8 nitrogen and oxygen atoms in total. The normalized spacial score (nSPS) is 14.4. The highest BCUT2D eigenvalue weighted by Gasteiger charge is 2.25. The molecule has 0 radical (unpaired) electrons. The smallest absolute Gasteiger partial charge is 0.311 e. The second-order valence-corrected chi connectivity index (χ2v) is 10.3. The molecule has 0 spiro atoms. The van der Waals surface area contributed by atoms with Gasteiger partial charge in [-0.2, -0.15) is 0 Å². The van der Waals surface area contributed by atoms with Gasteiger partial charge in [0.15, 0.2) is 0 Å². The van der Waals surface area contributed by atoms with E-state index in [0.717, 1.165) is 34.2 Å². The zero-order valence-electron chi connectivity index (χ0n) is 15.2. The third-order valence-electron chi connectivity index (χ3n) is 4.47. The summed E-state index contributed by atoms with van der Waals surface area (Å²) in [5.41, 5.74) is 1.31. The van der Waals surface area contributed by atoms with Crippen LogP contribution in [0.3, 0.4) is 0 Å². The highest BCUT2D eigenvalue weighted by Crippen LogP contribution is 2.28. The van der Waals surface area contributed by atoms with Gasteiger partial charge in [-0.05, 0) is 36.6 Å². The molecule has 1 aliphatic heterocycles. The van der Waals surface area contributed by atoms with Crippen LogP contribution in [0.15, 0.2) is 48.8 Å². The summed E-state index contributed by atoms with van der Waals surface area (Å²) in [5.74, 6) is -0.246. The predicted octanol–water partition coefficient (Wildman–Crippen LogP) is 3.28. The standard InChI is InChI=1S/C18H17BrN4O4S2/c19-14-5-3-12(4-6-14)10-20-29(25,26)15-9-13(11-28-15)16-21-22-17(27-16)18(24)23-7-1-2-8-23/h3-6,9,11,20H,1-2,7-8,10H2. The Balaban J connectivity index is 1.46. The molecule has 0 bridgehead atoms. The zero-order chi connectivity index (χ0) is 20.4. The fourth-order valence-corrected chi connectivity index (χ4v) is 5.38. The number of carbonyl (C=O) groups is 1. The van der Waals surface area contributed by atoms with Crippen LogP contribution in [0, 0.1) is 0 Å². The van der Waals surface area contributed by atoms with Crippen molar-refractivity contribution in [2.24, 2.45) is 0 Å². The molecule has 4 rings (SSSR count). The summed E-state index contributed by atoms with van der Waals surface area (Å²) in [6.45, 7) is 1.54. The number of halogens is 1. The molecule has 1 amide bonds. The van der Waals surface area contributed by atoms with Gasteiger partial charge >= 0.3 is 11.8 Å². The fraction of sp³-hybridized carbons (Fsp3) is 0.278. The quantitative estimate of drug-likeness (QED) is 0.561. The van der Waals surface area contributed by atoms with E-state index < -0.39 is 10.0 Å². The van der Waals surface area contributed by atoms with Crippen molar-refractivity contribution < 1.29 is 17.6 Å². The molecule has 3 aromatic rings. The Morgan fingerprint density at radius 1 is 1.21 bits per heavy atom. The van der Waals surface area contributed by atoms with Crippen molar-refractivity contribution in [1.82, 2.24) is 19.8 Å². The van der Waals surface area contributed by atoms with Crippen LogP contribution in [0.1, 0.15) is 29.1 Å². The van der Waals surface area contributed by atoms with Gasteiger partial charge in [-0.25, -0.2) is 13.1 Å². The van der Waals surface area contributed by atoms with E-state index in [0.29, 0.717) is 18.7 Å². The first-order valence-electron chi connectivity index (χ1n) is 8.88. The number of amides is 1. The lowest BCUT2D eigenvalue weighted by atomic mass is 10.2. The number of hydrogen-bond acceptors (Lipinski definition) is 7. The minimum absolute atomic E-state index is 0.0779. The van der Waals surface area contributed by atoms with E-state index in [4.69, 9.17) is 4.42 Å². The Labute approximate surface area is 180 Å². The van der Waals surface area contributed by atoms with Crippen molar-refractivity contribution in [2.45, 2.75) is 23.6 Å². The molecule has 2 aromatic heterocycles. The van der Waals surface area contributed by atoms with Gasteiger partial charge in [0.25, 0.3) is 0 Å². The Bertz CT molecular complexity index is 1120. The number of nitrogens with one attached hydrogen (secondary N) is 1. The zero-order valence-corrected chi connectivity index (χ0v) is 18.4. The van der Waals surface area contributed by atoms with Crippen LogP contribution in [0.5, 0.6) is 0 Å². The van der Waals surface area contributed by atoms with E-state index in [1.54, 1.807) is 10.3 Å². The highest BCUT2D eigenvalue weighted by molar-refractivity contribution is 9.10. The monoisotopic (exact) mass is 496 g/mol. The van der Waals surface area contributed by atoms with Gasteiger partial charge < -0.3 is 9.32 Å². The second-order valence-electron chi connectivity index (χ2n) is 6.52. The summed E-state index contributed by atoms with van der Waals surface area (Å²) < 4.78 is 34.3. The van der Waals surface area contributed by atoms with Gasteiger partial charge in [0.2, 0.25) is 15.9 Å². The van der Waals surface area contributed by atoms with Gasteiger partial charge in [0, 0.05) is 29.5 Å². The molecule has 0 unspecified atom stereocenters. The summed E-state index contributed by atoms with van der Waals surface area (Å²) in [5, 5.41) is 9.34. The van der Waals surface area contributed by atoms with Gasteiger partial charge in [-0.15, -0.1) is 21.5 Å². The molecule has 11 heteroatoms. The van der Waals surface area contributed by atoms with Crippen LogP contribution in [0.2, 0.25) is 0 Å². The van der Waals surface area contributed by atoms with Crippen molar-refractivity contribution in [1.29, 1.82) is 0 Å². The maximum Gasteiger partial charge on any atom is 0.311 e. The lowest BCUT2D eigenvalue weighted by Gasteiger charge is -2.11. The van der Waals surface area contributed by atoms with E-state index in [-0.39, 0.29) is 28.4 Å². The van der Waals surface area contributed by atoms with E-state index in [1.807, 2.05) is 24.3 Å². The number of carbonyl (C=O) groups excluding carboxylic acids is 1. The molecular formula is C18H17BrN4O4S2. The topological polar surface area (TPSA) is 105 Å². The average molecular weight is 497 g/mol. The third kappa shape index (κ3) is 4.58. The fourth-order valence-electron chi connectivity index (χ4n) is 2.90. The summed E-state index contributed by atoms with van der Waals surface area (Å²) in [6, 6.07) is 8.84. The third-order valence-corrected chi connectivity index (χ3v) is 7.84. The first-order valence-corrected chi connectivity index (χ1v) is 12.0. The number of sulfonamides is 1. The van der Waals surface area contributed by atoms with Gasteiger partial charge in [0.05, 0.1) is 5.56 Å². The molecule has 152 valence electrons. The first kappa shape index (κ1) is 20.2. The number of likely N-dealkylation sites (tertiary alicyclic amines) is 1. The van der Waals surface area contributed by atoms with Crippen LogP contribution >= 0.6 is 27.3 Å². The van der Waals surface area contributed by atoms with Crippen molar-refractivity contribution in [3.8, 4) is 11.5 Å². The van der Waals surface area contributed by atoms with E-state index in [2.05, 4.69) is 30.8 Å². The second kappa shape index (κ2) is 8.34. The molecule has 1 saturated heterocycles. The molecule has 0 aliphatic carbocycles. The number of rotatable bonds is 6. The lowest BCUT2D eigenvalue weighted by molar-refractivity contribution is 0.0754. The van der Waals surface area contributed by atoms with Gasteiger partial charge in [-0.3, -0.25) is 4.79 Å². The number of nitrogens with zero attached hydrogens (tertiary/aromatic N) is 3. The van der Waals surface area contributed by atoms with Gasteiger partial charge in [0.1, 0.15) is 4.21 Å². The Morgan fingerprint density at radius 2 is 1.93 bits per heavy atom. The van der Waals surface area contributed by atoms with Crippen molar-refractivity contribution in [2.75, 3.05) is 13.1 Å². The molecule has 0 saturated carbocycles. The average Bonchev–Trinajstić information content (AvgIpc) is 3.48. The van der Waals surface area contributed by atoms with E-state index in [1.165, 1.54) is 6.07 Å². The van der Waals surface area contributed by atoms with Gasteiger partial charge in [-0.1, -0.05) is 28.1 Å². The molecule has 3 heterocycles. The maximum atomic E-state index is 12.6. The van der Waals surface area contributed by atoms with Crippen molar-refractivity contribution >= 4 is 43.2 Å². The number of benzene rings is 1. The highest BCUT2D eigenvalue weighted by atomic mass is 79.9. The SMILES string of the molecule is O=C(c1nnc(-c2csc(S(=O)(=O)NCc3ccc(Br)cc3)c2)o1)N1CCCC1. The van der Waals surface area contributed by atoms with E-state index in [9.17, 15) is 13.2 Å². The molecule has 1 fully saturated rings. The molecule has 0 atom stereocenters. The number of thiophene rings is 1. The number of hydrogen-bond donors (Lipinski definition) is 1. The number of aromatic nitrogens is 2. The predicted molar refractivity (Wildman–Crippen MR) is 111 cm³/mol. The maximum absolute atomic E-state index is 12.6. The van der Waals surface area contributed by atoms with Crippen molar-refractivity contribution in [3.63, 3.8) is 0 Å². The molecule has 1 N–H and O–H groups in total. The minimum atomic E-state index is -3.69. The molecule has 29 heavy (non-hydrogen) atoms. The Hall–Kier alpha value is -2.08. The minimum Gasteiger partial charge on any atom is -0.412 e. The first-order chi connectivity index (χ1) is 13.9. The van der Waals surface area contributed by atoms with Crippen LogP contribution in [0.4, 0.5) is 0 Å². The van der Waals surface area contributed by atoms with Crippen LogP contribution in [0.25, 0.3) is 11.5 Å². The Morgan fingerprint density at radius 3 is 2.66 bits per heavy atom.